The molecule has 0 radical (unpaired) electrons. The van der Waals surface area contributed by atoms with Crippen LogP contribution in [0.4, 0.5) is 0 Å². The first kappa shape index (κ1) is 14.7. The van der Waals surface area contributed by atoms with Crippen molar-refractivity contribution in [3.63, 3.8) is 0 Å². The minimum atomic E-state index is 0.0402. The van der Waals surface area contributed by atoms with Crippen molar-refractivity contribution < 1.29 is 5.21 Å². The Labute approximate surface area is 124 Å². The SMILES string of the molecule is CCc1nnc(Sc2nncs2)c(C(N)=NO)c1CC. The van der Waals surface area contributed by atoms with Gasteiger partial charge in [-0.05, 0) is 30.2 Å². The Bertz CT molecular complexity index is 614. The van der Waals surface area contributed by atoms with Gasteiger partial charge in [-0.3, -0.25) is 0 Å². The first-order valence-electron chi connectivity index (χ1n) is 6.01. The van der Waals surface area contributed by atoms with E-state index in [9.17, 15) is 0 Å². The fourth-order valence-electron chi connectivity index (χ4n) is 1.83. The molecule has 2 aromatic rings. The number of aryl methyl sites for hydroxylation is 1. The van der Waals surface area contributed by atoms with Crippen LogP contribution in [0.1, 0.15) is 30.7 Å². The van der Waals surface area contributed by atoms with Crippen molar-refractivity contribution in [1.29, 1.82) is 0 Å². The monoisotopic (exact) mass is 310 g/mol. The van der Waals surface area contributed by atoms with Crippen LogP contribution in [0.3, 0.4) is 0 Å². The smallest absolute Gasteiger partial charge is 0.180 e. The van der Waals surface area contributed by atoms with E-state index in [0.29, 0.717) is 10.6 Å². The second kappa shape index (κ2) is 6.62. The molecule has 7 nitrogen and oxygen atoms in total. The van der Waals surface area contributed by atoms with Gasteiger partial charge in [-0.15, -0.1) is 15.3 Å². The number of hydrogen-bond acceptors (Lipinski definition) is 8. The lowest BCUT2D eigenvalue weighted by atomic mass is 10.0. The van der Waals surface area contributed by atoms with E-state index in [-0.39, 0.29) is 5.84 Å². The third kappa shape index (κ3) is 2.88. The molecule has 0 amide bonds. The van der Waals surface area contributed by atoms with Crippen LogP contribution < -0.4 is 5.73 Å². The highest BCUT2D eigenvalue weighted by atomic mass is 32.2. The van der Waals surface area contributed by atoms with Crippen LogP contribution in [0.15, 0.2) is 20.0 Å². The van der Waals surface area contributed by atoms with Gasteiger partial charge >= 0.3 is 0 Å². The molecule has 0 bridgehead atoms. The Kier molecular flexibility index (Phi) is 4.85. The molecule has 20 heavy (non-hydrogen) atoms. The number of oxime groups is 1. The topological polar surface area (TPSA) is 110 Å². The van der Waals surface area contributed by atoms with Crippen molar-refractivity contribution in [3.05, 3.63) is 22.3 Å². The van der Waals surface area contributed by atoms with Gasteiger partial charge in [0.15, 0.2) is 10.2 Å². The maximum Gasteiger partial charge on any atom is 0.180 e. The third-order valence-corrected chi connectivity index (χ3v) is 4.46. The predicted octanol–water partition coefficient (Wildman–Crippen LogP) is 1.70. The van der Waals surface area contributed by atoms with Gasteiger partial charge in [0.1, 0.15) is 10.5 Å². The first-order valence-corrected chi connectivity index (χ1v) is 7.71. The normalized spacial score (nSPS) is 11.8. The van der Waals surface area contributed by atoms with Crippen molar-refractivity contribution in [1.82, 2.24) is 20.4 Å². The highest BCUT2D eigenvalue weighted by molar-refractivity contribution is 8.01. The van der Waals surface area contributed by atoms with Crippen LogP contribution in [0.25, 0.3) is 0 Å². The van der Waals surface area contributed by atoms with Gasteiger partial charge in [-0.25, -0.2) is 0 Å². The predicted molar refractivity (Wildman–Crippen MR) is 77.3 cm³/mol. The number of aromatic nitrogens is 4. The molecule has 0 saturated heterocycles. The minimum Gasteiger partial charge on any atom is -0.409 e. The van der Waals surface area contributed by atoms with Crippen molar-refractivity contribution in [3.8, 4) is 0 Å². The Hall–Kier alpha value is -1.74. The molecule has 0 atom stereocenters. The molecule has 2 rings (SSSR count). The van der Waals surface area contributed by atoms with E-state index < -0.39 is 0 Å². The lowest BCUT2D eigenvalue weighted by molar-refractivity contribution is 0.318. The number of hydrogen-bond donors (Lipinski definition) is 2. The summed E-state index contributed by atoms with van der Waals surface area (Å²) in [5, 5.41) is 28.8. The van der Waals surface area contributed by atoms with Crippen molar-refractivity contribution in [2.24, 2.45) is 10.9 Å². The lowest BCUT2D eigenvalue weighted by Crippen LogP contribution is -2.20. The quantitative estimate of drug-likeness (QED) is 0.374. The summed E-state index contributed by atoms with van der Waals surface area (Å²) in [6.07, 6.45) is 1.47. The van der Waals surface area contributed by atoms with E-state index in [2.05, 4.69) is 25.6 Å². The number of amidine groups is 1. The van der Waals surface area contributed by atoms with E-state index in [0.717, 1.165) is 28.4 Å². The van der Waals surface area contributed by atoms with Gasteiger partial charge in [0.2, 0.25) is 0 Å². The fourth-order valence-corrected chi connectivity index (χ4v) is 3.33. The molecule has 2 aromatic heterocycles. The van der Waals surface area contributed by atoms with Crippen LogP contribution in [-0.2, 0) is 12.8 Å². The zero-order chi connectivity index (χ0) is 14.5. The molecule has 3 N–H and O–H groups in total. The summed E-state index contributed by atoms with van der Waals surface area (Å²) in [6.45, 7) is 4.00. The summed E-state index contributed by atoms with van der Waals surface area (Å²) in [5.41, 5.74) is 9.88. The Morgan fingerprint density at radius 2 is 2.15 bits per heavy atom. The van der Waals surface area contributed by atoms with Gasteiger partial charge in [-0.2, -0.15) is 5.10 Å². The Morgan fingerprint density at radius 3 is 2.70 bits per heavy atom. The maximum absolute atomic E-state index is 9.00. The number of nitrogens with two attached hydrogens (primary N) is 1. The van der Waals surface area contributed by atoms with Crippen molar-refractivity contribution in [2.45, 2.75) is 36.1 Å². The van der Waals surface area contributed by atoms with Crippen molar-refractivity contribution >= 4 is 28.9 Å². The van der Waals surface area contributed by atoms with Crippen LogP contribution in [-0.4, -0.2) is 31.4 Å². The number of nitrogens with zero attached hydrogens (tertiary/aromatic N) is 5. The van der Waals surface area contributed by atoms with Gasteiger partial charge in [-0.1, -0.05) is 30.3 Å². The molecular formula is C11H14N6OS2. The van der Waals surface area contributed by atoms with Gasteiger partial charge in [0.25, 0.3) is 0 Å². The summed E-state index contributed by atoms with van der Waals surface area (Å²) in [5.74, 6) is 0.0402. The second-order valence-electron chi connectivity index (χ2n) is 3.80. The van der Waals surface area contributed by atoms with Gasteiger partial charge in [0, 0.05) is 0 Å². The summed E-state index contributed by atoms with van der Waals surface area (Å²) in [6, 6.07) is 0. The largest absolute Gasteiger partial charge is 0.409 e. The molecule has 0 aliphatic heterocycles. The van der Waals surface area contributed by atoms with E-state index in [1.165, 1.54) is 23.1 Å². The zero-order valence-corrected chi connectivity index (χ0v) is 12.7. The van der Waals surface area contributed by atoms with E-state index in [1.54, 1.807) is 5.51 Å². The number of rotatable bonds is 5. The summed E-state index contributed by atoms with van der Waals surface area (Å²) >= 11 is 2.71. The Balaban J connectivity index is 2.55. The van der Waals surface area contributed by atoms with Crippen LogP contribution in [0.2, 0.25) is 0 Å². The molecule has 0 spiro atoms. The molecular weight excluding hydrogens is 296 g/mol. The standard InChI is InChI=1S/C11H14N6OS2/c1-3-6-7(4-2)14-15-10(8(6)9(12)17-18)20-11-16-13-5-19-11/h5,18H,3-4H2,1-2H3,(H2,12,17). The van der Waals surface area contributed by atoms with E-state index >= 15 is 0 Å². The van der Waals surface area contributed by atoms with Crippen molar-refractivity contribution in [2.75, 3.05) is 0 Å². The maximum atomic E-state index is 9.00. The summed E-state index contributed by atoms with van der Waals surface area (Å²) in [4.78, 5) is 0. The summed E-state index contributed by atoms with van der Waals surface area (Å²) < 4.78 is 0.734. The summed E-state index contributed by atoms with van der Waals surface area (Å²) in [7, 11) is 0. The average molecular weight is 310 g/mol. The van der Waals surface area contributed by atoms with Crippen LogP contribution in [0, 0.1) is 0 Å². The Morgan fingerprint density at radius 1 is 1.35 bits per heavy atom. The molecule has 9 heteroatoms. The third-order valence-electron chi connectivity index (χ3n) is 2.70. The van der Waals surface area contributed by atoms with E-state index in [4.69, 9.17) is 10.9 Å². The lowest BCUT2D eigenvalue weighted by Gasteiger charge is -2.13. The fraction of sp³-hybridized carbons (Fsp3) is 0.364. The molecule has 0 unspecified atom stereocenters. The van der Waals surface area contributed by atoms with Gasteiger partial charge < -0.3 is 10.9 Å². The minimum absolute atomic E-state index is 0.0402. The van der Waals surface area contributed by atoms with E-state index in [1.807, 2.05) is 13.8 Å². The molecule has 0 aromatic carbocycles. The average Bonchev–Trinajstić information content (AvgIpc) is 2.98. The zero-order valence-electron chi connectivity index (χ0n) is 11.1. The molecule has 0 aliphatic rings. The second-order valence-corrected chi connectivity index (χ2v) is 5.87. The highest BCUT2D eigenvalue weighted by Crippen LogP contribution is 2.31. The molecule has 106 valence electrons. The molecule has 0 fully saturated rings. The first-order chi connectivity index (χ1) is 9.71. The van der Waals surface area contributed by atoms with Crippen LogP contribution in [0.5, 0.6) is 0 Å². The van der Waals surface area contributed by atoms with Gasteiger partial charge in [0.05, 0.1) is 11.3 Å². The highest BCUT2D eigenvalue weighted by Gasteiger charge is 2.19. The molecule has 2 heterocycles. The molecule has 0 saturated carbocycles. The molecule has 0 aliphatic carbocycles. The van der Waals surface area contributed by atoms with Crippen LogP contribution >= 0.6 is 23.1 Å².